The zero-order valence-corrected chi connectivity index (χ0v) is 9.97. The van der Waals surface area contributed by atoms with Crippen LogP contribution in [0.3, 0.4) is 0 Å². The van der Waals surface area contributed by atoms with E-state index in [9.17, 15) is 4.79 Å². The highest BCUT2D eigenvalue weighted by atomic mass is 32.2. The lowest BCUT2D eigenvalue weighted by Crippen LogP contribution is -2.48. The first-order chi connectivity index (χ1) is 6.52. The van der Waals surface area contributed by atoms with Crippen molar-refractivity contribution >= 4 is 17.7 Å². The smallest absolute Gasteiger partial charge is 0.254 e. The van der Waals surface area contributed by atoms with Crippen molar-refractivity contribution in [2.45, 2.75) is 45.2 Å². The van der Waals surface area contributed by atoms with Gasteiger partial charge in [0.2, 0.25) is 0 Å². The van der Waals surface area contributed by atoms with Crippen LogP contribution in [0.5, 0.6) is 0 Å². The Kier molecular flexibility index (Phi) is 4.01. The van der Waals surface area contributed by atoms with Crippen LogP contribution in [0.15, 0.2) is 11.6 Å². The number of hydrogen-bond donors (Lipinski definition) is 1. The number of carbonyl (C=O) groups excluding carboxylic acids is 1. The molecule has 1 N–H and O–H groups in total. The molecule has 1 unspecified atom stereocenters. The molecule has 4 heteroatoms. The minimum atomic E-state index is -0.123. The van der Waals surface area contributed by atoms with Gasteiger partial charge in [-0.2, -0.15) is 0 Å². The van der Waals surface area contributed by atoms with Crippen LogP contribution >= 0.6 is 11.8 Å². The molecule has 0 aromatic carbocycles. The van der Waals surface area contributed by atoms with Crippen molar-refractivity contribution < 1.29 is 4.79 Å². The van der Waals surface area contributed by atoms with Crippen molar-refractivity contribution in [1.82, 2.24) is 10.2 Å². The maximum Gasteiger partial charge on any atom is 0.254 e. The Bertz CT molecular complexity index is 238. The molecular weight excluding hydrogens is 196 g/mol. The average molecular weight is 214 g/mol. The highest BCUT2D eigenvalue weighted by Crippen LogP contribution is 2.21. The van der Waals surface area contributed by atoms with Gasteiger partial charge in [0.15, 0.2) is 0 Å². The Morgan fingerprint density at radius 2 is 2.07 bits per heavy atom. The SMILES string of the molecule is CC(C)NC1SC=CN(C(C)C)C1=O. The zero-order valence-electron chi connectivity index (χ0n) is 9.15. The molecular formula is C10H18N2OS. The van der Waals surface area contributed by atoms with E-state index in [1.807, 2.05) is 39.3 Å². The molecule has 0 fully saturated rings. The van der Waals surface area contributed by atoms with Gasteiger partial charge in [0, 0.05) is 18.3 Å². The number of nitrogens with one attached hydrogen (secondary N) is 1. The Balaban J connectivity index is 2.65. The van der Waals surface area contributed by atoms with Crippen LogP contribution < -0.4 is 5.32 Å². The van der Waals surface area contributed by atoms with E-state index in [4.69, 9.17) is 0 Å². The molecule has 1 aliphatic heterocycles. The largest absolute Gasteiger partial charge is 0.314 e. The maximum absolute atomic E-state index is 11.9. The standard InChI is InChI=1S/C10H18N2OS/c1-7(2)11-9-10(13)12(8(3)4)5-6-14-9/h5-9,11H,1-4H3. The number of amides is 1. The van der Waals surface area contributed by atoms with Crippen molar-refractivity contribution in [1.29, 1.82) is 0 Å². The molecule has 3 nitrogen and oxygen atoms in total. The number of rotatable bonds is 3. The summed E-state index contributed by atoms with van der Waals surface area (Å²) in [5.74, 6) is 0.154. The van der Waals surface area contributed by atoms with Crippen LogP contribution in [0, 0.1) is 0 Å². The van der Waals surface area contributed by atoms with Gasteiger partial charge in [-0.25, -0.2) is 0 Å². The Hall–Kier alpha value is -0.480. The van der Waals surface area contributed by atoms with E-state index >= 15 is 0 Å². The van der Waals surface area contributed by atoms with Gasteiger partial charge in [-0.05, 0) is 33.1 Å². The predicted molar refractivity (Wildman–Crippen MR) is 60.8 cm³/mol. The Labute approximate surface area is 89.9 Å². The lowest BCUT2D eigenvalue weighted by Gasteiger charge is -2.31. The van der Waals surface area contributed by atoms with Crippen LogP contribution in [0.4, 0.5) is 0 Å². The van der Waals surface area contributed by atoms with E-state index in [1.54, 1.807) is 4.90 Å². The predicted octanol–water partition coefficient (Wildman–Crippen LogP) is 1.77. The second-order valence-corrected chi connectivity index (χ2v) is 4.98. The summed E-state index contributed by atoms with van der Waals surface area (Å²) in [6.45, 7) is 8.13. The van der Waals surface area contributed by atoms with Crippen molar-refractivity contribution in [3.63, 3.8) is 0 Å². The van der Waals surface area contributed by atoms with E-state index in [1.165, 1.54) is 11.8 Å². The van der Waals surface area contributed by atoms with Crippen LogP contribution in [0.1, 0.15) is 27.7 Å². The second-order valence-electron chi connectivity index (χ2n) is 3.96. The number of carbonyl (C=O) groups is 1. The minimum absolute atomic E-state index is 0.123. The molecule has 1 amide bonds. The molecule has 1 aliphatic rings. The topological polar surface area (TPSA) is 32.3 Å². The van der Waals surface area contributed by atoms with Gasteiger partial charge in [-0.3, -0.25) is 10.1 Å². The molecule has 1 rings (SSSR count). The monoisotopic (exact) mass is 214 g/mol. The third-order valence-electron chi connectivity index (χ3n) is 1.96. The van der Waals surface area contributed by atoms with Crippen molar-refractivity contribution in [2.75, 3.05) is 0 Å². The first-order valence-corrected chi connectivity index (χ1v) is 5.87. The molecule has 0 aromatic heterocycles. The molecule has 80 valence electrons. The summed E-state index contributed by atoms with van der Waals surface area (Å²) in [6, 6.07) is 0.563. The van der Waals surface area contributed by atoms with Gasteiger partial charge < -0.3 is 4.90 Å². The molecule has 0 aromatic rings. The number of nitrogens with zero attached hydrogens (tertiary/aromatic N) is 1. The number of thioether (sulfide) groups is 1. The summed E-state index contributed by atoms with van der Waals surface area (Å²) in [4.78, 5) is 13.7. The highest BCUT2D eigenvalue weighted by molar-refractivity contribution is 8.03. The summed E-state index contributed by atoms with van der Waals surface area (Å²) in [5.41, 5.74) is 0. The minimum Gasteiger partial charge on any atom is -0.314 e. The average Bonchev–Trinajstić information content (AvgIpc) is 2.07. The van der Waals surface area contributed by atoms with Crippen LogP contribution in [-0.4, -0.2) is 28.3 Å². The first kappa shape index (κ1) is 11.6. The van der Waals surface area contributed by atoms with Gasteiger partial charge >= 0.3 is 0 Å². The third-order valence-corrected chi connectivity index (χ3v) is 2.84. The fraction of sp³-hybridized carbons (Fsp3) is 0.700. The van der Waals surface area contributed by atoms with Gasteiger partial charge in [0.25, 0.3) is 5.91 Å². The van der Waals surface area contributed by atoms with E-state index in [0.29, 0.717) is 6.04 Å². The van der Waals surface area contributed by atoms with Crippen LogP contribution in [0.2, 0.25) is 0 Å². The molecule has 1 atom stereocenters. The van der Waals surface area contributed by atoms with Crippen molar-refractivity contribution in [3.05, 3.63) is 11.6 Å². The van der Waals surface area contributed by atoms with Crippen molar-refractivity contribution in [3.8, 4) is 0 Å². The normalized spacial score (nSPS) is 22.6. The quantitative estimate of drug-likeness (QED) is 0.777. The van der Waals surface area contributed by atoms with Gasteiger partial charge in [0.1, 0.15) is 5.37 Å². The summed E-state index contributed by atoms with van der Waals surface area (Å²) < 4.78 is 0. The van der Waals surface area contributed by atoms with Gasteiger partial charge in [-0.15, -0.1) is 11.8 Å². The molecule has 0 saturated heterocycles. The molecule has 14 heavy (non-hydrogen) atoms. The van der Waals surface area contributed by atoms with Crippen LogP contribution in [-0.2, 0) is 4.79 Å². The van der Waals surface area contributed by atoms with Gasteiger partial charge in [-0.1, -0.05) is 0 Å². The van der Waals surface area contributed by atoms with E-state index in [2.05, 4.69) is 5.32 Å². The fourth-order valence-electron chi connectivity index (χ4n) is 1.29. The maximum atomic E-state index is 11.9. The molecule has 0 saturated carbocycles. The first-order valence-electron chi connectivity index (χ1n) is 4.92. The molecule has 0 bridgehead atoms. The summed E-state index contributed by atoms with van der Waals surface area (Å²) in [5, 5.41) is 5.09. The second kappa shape index (κ2) is 4.84. The molecule has 0 aliphatic carbocycles. The molecule has 0 radical (unpaired) electrons. The molecule has 1 heterocycles. The van der Waals surface area contributed by atoms with Crippen molar-refractivity contribution in [2.24, 2.45) is 0 Å². The molecule has 0 spiro atoms. The summed E-state index contributed by atoms with van der Waals surface area (Å²) in [6.07, 6.45) is 1.86. The zero-order chi connectivity index (χ0) is 10.7. The van der Waals surface area contributed by atoms with E-state index < -0.39 is 0 Å². The van der Waals surface area contributed by atoms with Crippen LogP contribution in [0.25, 0.3) is 0 Å². The third kappa shape index (κ3) is 2.75. The Morgan fingerprint density at radius 1 is 1.43 bits per heavy atom. The summed E-state index contributed by atoms with van der Waals surface area (Å²) in [7, 11) is 0. The van der Waals surface area contributed by atoms with Gasteiger partial charge in [0.05, 0.1) is 0 Å². The van der Waals surface area contributed by atoms with E-state index in [-0.39, 0.29) is 17.3 Å². The Morgan fingerprint density at radius 3 is 2.57 bits per heavy atom. The lowest BCUT2D eigenvalue weighted by atomic mass is 10.3. The number of hydrogen-bond acceptors (Lipinski definition) is 3. The highest BCUT2D eigenvalue weighted by Gasteiger charge is 2.27. The van der Waals surface area contributed by atoms with E-state index in [0.717, 1.165) is 0 Å². The fourth-order valence-corrected chi connectivity index (χ4v) is 2.23. The lowest BCUT2D eigenvalue weighted by molar-refractivity contribution is -0.130. The summed E-state index contributed by atoms with van der Waals surface area (Å²) >= 11 is 1.54.